The fourth-order valence-corrected chi connectivity index (χ4v) is 2.85. The number of hydrogen-bond donors (Lipinski definition) is 1. The van der Waals surface area contributed by atoms with Crippen molar-refractivity contribution in [2.24, 2.45) is 0 Å². The maximum absolute atomic E-state index is 12.0. The minimum absolute atomic E-state index is 0. The van der Waals surface area contributed by atoms with Crippen molar-refractivity contribution in [3.05, 3.63) is 20.8 Å². The Morgan fingerprint density at radius 3 is 3.00 bits per heavy atom. The van der Waals surface area contributed by atoms with Crippen LogP contribution in [0, 0.1) is 0 Å². The van der Waals surface area contributed by atoms with Gasteiger partial charge in [0.05, 0.1) is 9.35 Å². The predicted molar refractivity (Wildman–Crippen MR) is 72.6 cm³/mol. The molecule has 1 unspecified atom stereocenters. The Hall–Kier alpha value is -0.100. The van der Waals surface area contributed by atoms with E-state index in [2.05, 4.69) is 28.2 Å². The molecule has 0 bridgehead atoms. The lowest BCUT2D eigenvalue weighted by atomic mass is 10.2. The summed E-state index contributed by atoms with van der Waals surface area (Å²) < 4.78 is 1.01. The van der Waals surface area contributed by atoms with Crippen molar-refractivity contribution in [3.63, 3.8) is 0 Å². The summed E-state index contributed by atoms with van der Waals surface area (Å²) in [6.07, 6.45) is 0. The van der Waals surface area contributed by atoms with Gasteiger partial charge in [0.25, 0.3) is 5.91 Å². The first kappa shape index (κ1) is 14.0. The molecule has 1 atom stereocenters. The van der Waals surface area contributed by atoms with E-state index >= 15 is 0 Å². The number of amides is 1. The number of halogens is 2. The third-order valence-electron chi connectivity index (χ3n) is 2.47. The smallest absolute Gasteiger partial charge is 0.254 e. The molecule has 1 N–H and O–H groups in total. The second-order valence-electron chi connectivity index (χ2n) is 3.75. The third-order valence-corrected chi connectivity index (χ3v) is 3.97. The number of hydrogen-bond acceptors (Lipinski definition) is 3. The molecule has 1 aliphatic rings. The highest BCUT2D eigenvalue weighted by Gasteiger charge is 2.21. The molecule has 0 spiro atoms. The van der Waals surface area contributed by atoms with Crippen molar-refractivity contribution in [2.75, 3.05) is 19.6 Å². The molecule has 3 nitrogen and oxygen atoms in total. The summed E-state index contributed by atoms with van der Waals surface area (Å²) in [5.74, 6) is 0.144. The van der Waals surface area contributed by atoms with Crippen LogP contribution in [-0.2, 0) is 0 Å². The summed E-state index contributed by atoms with van der Waals surface area (Å²) in [6, 6.07) is 2.28. The van der Waals surface area contributed by atoms with Crippen molar-refractivity contribution in [3.8, 4) is 0 Å². The van der Waals surface area contributed by atoms with Crippen LogP contribution in [-0.4, -0.2) is 36.5 Å². The molecule has 6 heteroatoms. The minimum atomic E-state index is 0. The third kappa shape index (κ3) is 3.20. The average molecular weight is 326 g/mol. The van der Waals surface area contributed by atoms with Crippen LogP contribution in [0.4, 0.5) is 0 Å². The lowest BCUT2D eigenvalue weighted by molar-refractivity contribution is 0.0709. The van der Waals surface area contributed by atoms with Gasteiger partial charge in [-0.25, -0.2) is 0 Å². The monoisotopic (exact) mass is 324 g/mol. The summed E-state index contributed by atoms with van der Waals surface area (Å²) in [4.78, 5) is 14.0. The van der Waals surface area contributed by atoms with E-state index in [-0.39, 0.29) is 18.3 Å². The first-order chi connectivity index (χ1) is 7.16. The second-order valence-corrected chi connectivity index (χ2v) is 6.04. The van der Waals surface area contributed by atoms with E-state index in [9.17, 15) is 4.79 Å². The normalized spacial score (nSPS) is 20.4. The van der Waals surface area contributed by atoms with Gasteiger partial charge in [0.1, 0.15) is 0 Å². The molecule has 1 aromatic rings. The van der Waals surface area contributed by atoms with Gasteiger partial charge in [-0.05, 0) is 28.9 Å². The zero-order valence-corrected chi connectivity index (χ0v) is 12.1. The molecular formula is C10H14BrClN2OS. The van der Waals surface area contributed by atoms with Crippen LogP contribution in [0.15, 0.2) is 15.2 Å². The van der Waals surface area contributed by atoms with Crippen LogP contribution in [0.1, 0.15) is 17.3 Å². The molecular weight excluding hydrogens is 312 g/mol. The Morgan fingerprint density at radius 2 is 2.44 bits per heavy atom. The van der Waals surface area contributed by atoms with Crippen LogP contribution in [0.2, 0.25) is 0 Å². The molecule has 0 aliphatic carbocycles. The molecule has 0 aromatic carbocycles. The summed E-state index contributed by atoms with van der Waals surface area (Å²) in [7, 11) is 0. The first-order valence-corrected chi connectivity index (χ1v) is 6.61. The van der Waals surface area contributed by atoms with Crippen LogP contribution in [0.5, 0.6) is 0 Å². The van der Waals surface area contributed by atoms with Crippen molar-refractivity contribution in [1.82, 2.24) is 10.2 Å². The highest BCUT2D eigenvalue weighted by molar-refractivity contribution is 9.11. The second kappa shape index (κ2) is 6.00. The first-order valence-electron chi connectivity index (χ1n) is 4.93. The Balaban J connectivity index is 0.00000128. The molecule has 1 aromatic heterocycles. The molecule has 90 valence electrons. The molecule has 1 aliphatic heterocycles. The van der Waals surface area contributed by atoms with Gasteiger partial charge in [-0.15, -0.1) is 23.7 Å². The zero-order valence-electron chi connectivity index (χ0n) is 8.90. The van der Waals surface area contributed by atoms with Gasteiger partial charge in [0, 0.05) is 31.1 Å². The lowest BCUT2D eigenvalue weighted by Crippen LogP contribution is -2.51. The predicted octanol–water partition coefficient (Wildman–Crippen LogP) is 2.37. The number of carbonyl (C=O) groups excluding carboxylic acids is 1. The molecule has 16 heavy (non-hydrogen) atoms. The SMILES string of the molecule is CC1CN(C(=O)c2csc(Br)c2)CCN1.Cl. The molecule has 0 saturated carbocycles. The van der Waals surface area contributed by atoms with Crippen LogP contribution < -0.4 is 5.32 Å². The maximum atomic E-state index is 12.0. The fraction of sp³-hybridized carbons (Fsp3) is 0.500. The minimum Gasteiger partial charge on any atom is -0.336 e. The van der Waals surface area contributed by atoms with E-state index in [1.54, 1.807) is 11.3 Å². The number of rotatable bonds is 1. The van der Waals surface area contributed by atoms with Crippen molar-refractivity contribution < 1.29 is 4.79 Å². The van der Waals surface area contributed by atoms with Gasteiger partial charge < -0.3 is 10.2 Å². The largest absolute Gasteiger partial charge is 0.336 e. The van der Waals surface area contributed by atoms with E-state index in [1.807, 2.05) is 16.3 Å². The molecule has 2 heterocycles. The highest BCUT2D eigenvalue weighted by Crippen LogP contribution is 2.22. The summed E-state index contributed by atoms with van der Waals surface area (Å²) >= 11 is 4.92. The maximum Gasteiger partial charge on any atom is 0.254 e. The van der Waals surface area contributed by atoms with E-state index in [1.165, 1.54) is 0 Å². The number of carbonyl (C=O) groups is 1. The number of nitrogens with zero attached hydrogens (tertiary/aromatic N) is 1. The van der Waals surface area contributed by atoms with Crippen molar-refractivity contribution in [2.45, 2.75) is 13.0 Å². The van der Waals surface area contributed by atoms with E-state index in [0.717, 1.165) is 29.0 Å². The van der Waals surface area contributed by atoms with Gasteiger partial charge in [-0.2, -0.15) is 0 Å². The van der Waals surface area contributed by atoms with E-state index in [4.69, 9.17) is 0 Å². The van der Waals surface area contributed by atoms with Crippen LogP contribution >= 0.6 is 39.7 Å². The summed E-state index contributed by atoms with van der Waals surface area (Å²) in [5, 5.41) is 5.22. The molecule has 1 saturated heterocycles. The molecule has 1 amide bonds. The van der Waals surface area contributed by atoms with Gasteiger partial charge in [-0.3, -0.25) is 4.79 Å². The molecule has 1 fully saturated rings. The van der Waals surface area contributed by atoms with Crippen molar-refractivity contribution in [1.29, 1.82) is 0 Å². The Kier molecular flexibility index (Phi) is 5.24. The fourth-order valence-electron chi connectivity index (χ4n) is 1.72. The van der Waals surface area contributed by atoms with Gasteiger partial charge in [0.2, 0.25) is 0 Å². The Bertz CT molecular complexity index is 371. The van der Waals surface area contributed by atoms with Crippen LogP contribution in [0.25, 0.3) is 0 Å². The van der Waals surface area contributed by atoms with Gasteiger partial charge >= 0.3 is 0 Å². The lowest BCUT2D eigenvalue weighted by Gasteiger charge is -2.31. The van der Waals surface area contributed by atoms with E-state index < -0.39 is 0 Å². The quantitative estimate of drug-likeness (QED) is 0.860. The topological polar surface area (TPSA) is 32.3 Å². The number of nitrogens with one attached hydrogen (secondary N) is 1. The Labute approximate surface area is 114 Å². The number of piperazine rings is 1. The zero-order chi connectivity index (χ0) is 10.8. The average Bonchev–Trinajstić information content (AvgIpc) is 2.64. The molecule has 0 radical (unpaired) electrons. The Morgan fingerprint density at radius 1 is 1.69 bits per heavy atom. The number of thiophene rings is 1. The van der Waals surface area contributed by atoms with E-state index in [0.29, 0.717) is 6.04 Å². The van der Waals surface area contributed by atoms with Crippen LogP contribution in [0.3, 0.4) is 0 Å². The van der Waals surface area contributed by atoms with Gasteiger partial charge in [0.15, 0.2) is 0 Å². The standard InChI is InChI=1S/C10H13BrN2OS.ClH/c1-7-5-13(3-2-12-7)10(14)8-4-9(11)15-6-8;/h4,6-7,12H,2-3,5H2,1H3;1H. The van der Waals surface area contributed by atoms with Crippen molar-refractivity contribution >= 4 is 45.6 Å². The molecule has 2 rings (SSSR count). The summed E-state index contributed by atoms with van der Waals surface area (Å²) in [5.41, 5.74) is 0.793. The summed E-state index contributed by atoms with van der Waals surface area (Å²) in [6.45, 7) is 4.59. The highest BCUT2D eigenvalue weighted by atomic mass is 79.9. The van der Waals surface area contributed by atoms with Gasteiger partial charge in [-0.1, -0.05) is 0 Å².